The standard InChI is InChI=1S/C31H39N5O3/c1-18-32-24-3-2-4-25(28(24)30(39)36(18)26-5-6-27(37)33-29(26)38)35-17-22-12-23(35)16-34(22)8-7-31-13-19-9-20(14-31)11-21(10-19)15-31/h2-4,19-23,26H,5-17H2,1H3,(H,33,37,38)/t19?,20?,21?,22-,23-,26?,31?/m1/s1. The van der Waals surface area contributed by atoms with Gasteiger partial charge < -0.3 is 4.90 Å². The van der Waals surface area contributed by atoms with Gasteiger partial charge in [0.25, 0.3) is 5.56 Å². The fraction of sp³-hybridized carbons (Fsp3) is 0.677. The van der Waals surface area contributed by atoms with Crippen LogP contribution in [0.1, 0.15) is 76.1 Å². The zero-order valence-electron chi connectivity index (χ0n) is 22.9. The van der Waals surface area contributed by atoms with Crippen LogP contribution in [0, 0.1) is 30.1 Å². The average Bonchev–Trinajstić information content (AvgIpc) is 3.48. The van der Waals surface area contributed by atoms with Gasteiger partial charge in [0.2, 0.25) is 11.8 Å². The first-order chi connectivity index (χ1) is 18.9. The predicted molar refractivity (Wildman–Crippen MR) is 148 cm³/mol. The summed E-state index contributed by atoms with van der Waals surface area (Å²) in [4.78, 5) is 48.3. The number of nitrogens with zero attached hydrogens (tertiary/aromatic N) is 4. The average molecular weight is 530 g/mol. The number of hydrogen-bond acceptors (Lipinski definition) is 6. The first-order valence-electron chi connectivity index (χ1n) is 15.2. The van der Waals surface area contributed by atoms with E-state index in [9.17, 15) is 14.4 Å². The van der Waals surface area contributed by atoms with Gasteiger partial charge in [-0.1, -0.05) is 6.07 Å². The zero-order chi connectivity index (χ0) is 26.5. The fourth-order valence-electron chi connectivity index (χ4n) is 10.2. The minimum absolute atomic E-state index is 0.177. The topological polar surface area (TPSA) is 87.5 Å². The van der Waals surface area contributed by atoms with Gasteiger partial charge in [0.15, 0.2) is 0 Å². The SMILES string of the molecule is Cc1nc2cccc(N3C[C@H]4C[C@@H]3CN4CCC34CC5CC(CC(C5)C3)C4)c2c(=O)n1C1CCC(=O)NC1=O. The summed E-state index contributed by atoms with van der Waals surface area (Å²) in [6.07, 6.45) is 12.0. The van der Waals surface area contributed by atoms with E-state index in [0.29, 0.717) is 40.6 Å². The third kappa shape index (κ3) is 3.80. The van der Waals surface area contributed by atoms with Gasteiger partial charge in [-0.3, -0.25) is 29.2 Å². The van der Waals surface area contributed by atoms with Crippen molar-refractivity contribution in [2.24, 2.45) is 23.2 Å². The molecule has 4 saturated carbocycles. The van der Waals surface area contributed by atoms with Crippen LogP contribution in [0.4, 0.5) is 5.69 Å². The molecular weight excluding hydrogens is 490 g/mol. The van der Waals surface area contributed by atoms with Crippen LogP contribution < -0.4 is 15.8 Å². The molecule has 4 heterocycles. The molecule has 3 saturated heterocycles. The van der Waals surface area contributed by atoms with Crippen LogP contribution in [0.15, 0.2) is 23.0 Å². The quantitative estimate of drug-likeness (QED) is 0.596. The Morgan fingerprint density at radius 3 is 2.38 bits per heavy atom. The molecule has 1 aromatic heterocycles. The van der Waals surface area contributed by atoms with Crippen LogP contribution in [-0.2, 0) is 9.59 Å². The molecule has 206 valence electrons. The monoisotopic (exact) mass is 529 g/mol. The van der Waals surface area contributed by atoms with E-state index in [1.807, 2.05) is 12.1 Å². The lowest BCUT2D eigenvalue weighted by atomic mass is 9.49. The van der Waals surface area contributed by atoms with Crippen molar-refractivity contribution in [3.8, 4) is 0 Å². The lowest BCUT2D eigenvalue weighted by Crippen LogP contribution is -2.50. The number of piperidine rings is 1. The molecule has 6 bridgehead atoms. The largest absolute Gasteiger partial charge is 0.365 e. The molecule has 2 amide bonds. The molecule has 2 aromatic rings. The number of nitrogens with one attached hydrogen (secondary N) is 1. The second-order valence-corrected chi connectivity index (χ2v) is 13.8. The Hall–Kier alpha value is -2.74. The number of hydrogen-bond donors (Lipinski definition) is 1. The van der Waals surface area contributed by atoms with Crippen molar-refractivity contribution < 1.29 is 9.59 Å². The van der Waals surface area contributed by atoms with Crippen molar-refractivity contribution in [2.45, 2.75) is 89.3 Å². The summed E-state index contributed by atoms with van der Waals surface area (Å²) in [5, 5.41) is 3.00. The van der Waals surface area contributed by atoms with Gasteiger partial charge >= 0.3 is 0 Å². The fourth-order valence-corrected chi connectivity index (χ4v) is 10.2. The third-order valence-corrected chi connectivity index (χ3v) is 11.4. The molecule has 1 aromatic carbocycles. The van der Waals surface area contributed by atoms with Crippen LogP contribution in [0.25, 0.3) is 10.9 Å². The Bertz CT molecular complexity index is 1400. The van der Waals surface area contributed by atoms with E-state index in [4.69, 9.17) is 4.98 Å². The summed E-state index contributed by atoms with van der Waals surface area (Å²) >= 11 is 0. The third-order valence-electron chi connectivity index (χ3n) is 11.4. The van der Waals surface area contributed by atoms with Crippen molar-refractivity contribution in [3.05, 3.63) is 34.4 Å². The maximum absolute atomic E-state index is 14.0. The molecule has 39 heavy (non-hydrogen) atoms. The van der Waals surface area contributed by atoms with E-state index in [1.165, 1.54) is 56.1 Å². The summed E-state index contributed by atoms with van der Waals surface area (Å²) in [6, 6.07) is 6.19. The van der Waals surface area contributed by atoms with Gasteiger partial charge in [-0.15, -0.1) is 0 Å². The van der Waals surface area contributed by atoms with Gasteiger partial charge in [-0.05, 0) is 107 Å². The van der Waals surface area contributed by atoms with Gasteiger partial charge in [0.1, 0.15) is 11.9 Å². The van der Waals surface area contributed by atoms with E-state index in [2.05, 4.69) is 21.2 Å². The Labute approximate surface area is 229 Å². The maximum Gasteiger partial charge on any atom is 0.264 e. The van der Waals surface area contributed by atoms with Crippen LogP contribution >= 0.6 is 0 Å². The summed E-state index contributed by atoms with van der Waals surface area (Å²) in [5.41, 5.74) is 2.07. The summed E-state index contributed by atoms with van der Waals surface area (Å²) in [5.74, 6) is 2.85. The molecule has 4 aliphatic carbocycles. The Kier molecular flexibility index (Phi) is 5.33. The van der Waals surface area contributed by atoms with Crippen molar-refractivity contribution >= 4 is 28.4 Å². The normalized spacial score (nSPS) is 37.3. The molecule has 1 N–H and O–H groups in total. The van der Waals surface area contributed by atoms with Gasteiger partial charge in [-0.2, -0.15) is 0 Å². The molecule has 8 heteroatoms. The van der Waals surface area contributed by atoms with Crippen molar-refractivity contribution in [2.75, 3.05) is 24.5 Å². The number of fused-ring (bicyclic) bond motifs is 3. The predicted octanol–water partition coefficient (Wildman–Crippen LogP) is 3.55. The number of likely N-dealkylation sites (tertiary alicyclic amines) is 1. The molecule has 1 unspecified atom stereocenters. The summed E-state index contributed by atoms with van der Waals surface area (Å²) in [6.45, 7) is 5.00. The van der Waals surface area contributed by atoms with Gasteiger partial charge in [0, 0.05) is 31.6 Å². The first kappa shape index (κ1) is 24.1. The molecular formula is C31H39N5O3. The molecule has 9 rings (SSSR count). The summed E-state index contributed by atoms with van der Waals surface area (Å²) < 4.78 is 1.51. The first-order valence-corrected chi connectivity index (χ1v) is 15.2. The molecule has 7 fully saturated rings. The van der Waals surface area contributed by atoms with Crippen LogP contribution in [0.5, 0.6) is 0 Å². The smallest absolute Gasteiger partial charge is 0.264 e. The van der Waals surface area contributed by atoms with Crippen LogP contribution in [0.3, 0.4) is 0 Å². The van der Waals surface area contributed by atoms with E-state index < -0.39 is 11.9 Å². The number of anilines is 1. The second kappa shape index (κ2) is 8.63. The van der Waals surface area contributed by atoms with Crippen molar-refractivity contribution in [1.29, 1.82) is 0 Å². The van der Waals surface area contributed by atoms with E-state index in [0.717, 1.165) is 43.0 Å². The lowest BCUT2D eigenvalue weighted by molar-refractivity contribution is -0.135. The van der Waals surface area contributed by atoms with Gasteiger partial charge in [0.05, 0.1) is 16.6 Å². The minimum Gasteiger partial charge on any atom is -0.365 e. The highest BCUT2D eigenvalue weighted by Crippen LogP contribution is 2.61. The number of carbonyl (C=O) groups is 2. The summed E-state index contributed by atoms with van der Waals surface area (Å²) in [7, 11) is 0. The van der Waals surface area contributed by atoms with Crippen LogP contribution in [-0.4, -0.2) is 58.0 Å². The van der Waals surface area contributed by atoms with Crippen molar-refractivity contribution in [1.82, 2.24) is 19.8 Å². The van der Waals surface area contributed by atoms with E-state index >= 15 is 0 Å². The molecule has 0 spiro atoms. The maximum atomic E-state index is 14.0. The number of amides is 2. The minimum atomic E-state index is -0.699. The zero-order valence-corrected chi connectivity index (χ0v) is 22.9. The highest BCUT2D eigenvalue weighted by molar-refractivity contribution is 6.00. The number of aromatic nitrogens is 2. The van der Waals surface area contributed by atoms with E-state index in [1.54, 1.807) is 6.92 Å². The van der Waals surface area contributed by atoms with Gasteiger partial charge in [-0.25, -0.2) is 4.98 Å². The number of imide groups is 1. The Morgan fingerprint density at radius 1 is 0.974 bits per heavy atom. The molecule has 8 nitrogen and oxygen atoms in total. The molecule has 0 radical (unpaired) electrons. The lowest BCUT2D eigenvalue weighted by Gasteiger charge is -2.57. The number of carbonyl (C=O) groups excluding carboxylic acids is 2. The Balaban J connectivity index is 1.03. The highest BCUT2D eigenvalue weighted by atomic mass is 16.2. The number of rotatable bonds is 5. The Morgan fingerprint density at radius 2 is 1.72 bits per heavy atom. The number of benzene rings is 1. The molecule has 3 atom stereocenters. The van der Waals surface area contributed by atoms with Crippen molar-refractivity contribution in [3.63, 3.8) is 0 Å². The molecule has 7 aliphatic rings. The highest BCUT2D eigenvalue weighted by Gasteiger charge is 2.51. The number of aryl methyl sites for hydroxylation is 1. The molecule has 3 aliphatic heterocycles. The van der Waals surface area contributed by atoms with E-state index in [-0.39, 0.29) is 17.9 Å². The number of piperazine rings is 1. The van der Waals surface area contributed by atoms with Crippen LogP contribution in [0.2, 0.25) is 0 Å². The second-order valence-electron chi connectivity index (χ2n) is 13.8.